The predicted octanol–water partition coefficient (Wildman–Crippen LogP) is 5.34. The van der Waals surface area contributed by atoms with E-state index in [4.69, 9.17) is 23.2 Å². The van der Waals surface area contributed by atoms with Crippen LogP contribution in [0.1, 0.15) is 45.6 Å². The Morgan fingerprint density at radius 1 is 1.05 bits per heavy atom. The average Bonchev–Trinajstić information content (AvgIpc) is 2.41. The molecule has 0 atom stereocenters. The van der Waals surface area contributed by atoms with Crippen molar-refractivity contribution in [2.75, 3.05) is 13.1 Å². The molecule has 0 unspecified atom stereocenters. The Hall–Kier alpha value is -0.240. The maximum atomic E-state index is 6.31. The van der Waals surface area contributed by atoms with Crippen molar-refractivity contribution in [3.05, 3.63) is 33.8 Å². The van der Waals surface area contributed by atoms with Gasteiger partial charge in [0.05, 0.1) is 0 Å². The van der Waals surface area contributed by atoms with Crippen molar-refractivity contribution in [2.45, 2.75) is 46.5 Å². The largest absolute Gasteiger partial charge is 0.316 e. The molecule has 0 saturated heterocycles. The molecule has 0 radical (unpaired) electrons. The average molecular weight is 302 g/mol. The standard InChI is InChI=1S/C16H25Cl2N/c1-4-10-19-12-16(5-2,6-3)11-13-14(17)8-7-9-15(13)18/h7-9,19H,4-6,10-12H2,1-3H3. The van der Waals surface area contributed by atoms with Crippen molar-refractivity contribution in [3.63, 3.8) is 0 Å². The molecule has 1 rings (SSSR count). The minimum Gasteiger partial charge on any atom is -0.316 e. The van der Waals surface area contributed by atoms with Crippen LogP contribution in [-0.2, 0) is 6.42 Å². The Morgan fingerprint density at radius 3 is 2.11 bits per heavy atom. The van der Waals surface area contributed by atoms with E-state index in [2.05, 4.69) is 26.1 Å². The molecule has 0 aliphatic rings. The van der Waals surface area contributed by atoms with E-state index in [1.165, 1.54) is 0 Å². The topological polar surface area (TPSA) is 12.0 Å². The van der Waals surface area contributed by atoms with Gasteiger partial charge in [-0.05, 0) is 55.3 Å². The second kappa shape index (κ2) is 8.14. The molecule has 0 heterocycles. The zero-order valence-corrected chi connectivity index (χ0v) is 13.7. The molecule has 0 aromatic heterocycles. The van der Waals surface area contributed by atoms with E-state index in [1.807, 2.05) is 18.2 Å². The van der Waals surface area contributed by atoms with E-state index in [-0.39, 0.29) is 5.41 Å². The molecule has 0 saturated carbocycles. The van der Waals surface area contributed by atoms with Gasteiger partial charge in [0, 0.05) is 16.6 Å². The third-order valence-electron chi connectivity index (χ3n) is 4.04. The quantitative estimate of drug-likeness (QED) is 0.639. The number of hydrogen-bond acceptors (Lipinski definition) is 1. The summed E-state index contributed by atoms with van der Waals surface area (Å²) in [6, 6.07) is 5.76. The van der Waals surface area contributed by atoms with Gasteiger partial charge in [0.2, 0.25) is 0 Å². The summed E-state index contributed by atoms with van der Waals surface area (Å²) in [6.07, 6.45) is 4.36. The fourth-order valence-corrected chi connectivity index (χ4v) is 2.95. The van der Waals surface area contributed by atoms with Crippen LogP contribution in [0.2, 0.25) is 10.0 Å². The van der Waals surface area contributed by atoms with Crippen molar-refractivity contribution in [1.82, 2.24) is 5.32 Å². The Labute approximate surface area is 127 Å². The number of benzene rings is 1. The lowest BCUT2D eigenvalue weighted by Crippen LogP contribution is -2.36. The van der Waals surface area contributed by atoms with Crippen LogP contribution in [0.25, 0.3) is 0 Å². The minimum absolute atomic E-state index is 0.240. The SMILES string of the molecule is CCCNCC(CC)(CC)Cc1c(Cl)cccc1Cl. The van der Waals surface area contributed by atoms with Crippen LogP contribution < -0.4 is 5.32 Å². The highest BCUT2D eigenvalue weighted by Crippen LogP contribution is 2.35. The van der Waals surface area contributed by atoms with E-state index >= 15 is 0 Å². The predicted molar refractivity (Wildman–Crippen MR) is 86.3 cm³/mol. The number of halogens is 2. The Bertz CT molecular complexity index is 366. The molecule has 1 nitrogen and oxygen atoms in total. The van der Waals surface area contributed by atoms with Gasteiger partial charge in [0.15, 0.2) is 0 Å². The van der Waals surface area contributed by atoms with Crippen molar-refractivity contribution >= 4 is 23.2 Å². The van der Waals surface area contributed by atoms with Gasteiger partial charge in [0.25, 0.3) is 0 Å². The second-order valence-electron chi connectivity index (χ2n) is 5.26. The molecule has 1 N–H and O–H groups in total. The maximum absolute atomic E-state index is 6.31. The first-order chi connectivity index (χ1) is 9.08. The van der Waals surface area contributed by atoms with Crippen molar-refractivity contribution in [1.29, 1.82) is 0 Å². The highest BCUT2D eigenvalue weighted by Gasteiger charge is 2.27. The van der Waals surface area contributed by atoms with Gasteiger partial charge in [-0.1, -0.05) is 50.0 Å². The van der Waals surface area contributed by atoms with E-state index < -0.39 is 0 Å². The Morgan fingerprint density at radius 2 is 1.63 bits per heavy atom. The molecule has 1 aromatic carbocycles. The Balaban J connectivity index is 2.88. The van der Waals surface area contributed by atoms with E-state index in [1.54, 1.807) is 0 Å². The van der Waals surface area contributed by atoms with Crippen LogP contribution in [0.15, 0.2) is 18.2 Å². The first-order valence-corrected chi connectivity index (χ1v) is 7.97. The maximum Gasteiger partial charge on any atom is 0.0453 e. The summed E-state index contributed by atoms with van der Waals surface area (Å²) < 4.78 is 0. The van der Waals surface area contributed by atoms with E-state index in [0.717, 1.165) is 54.4 Å². The molecule has 0 bridgehead atoms. The molecular weight excluding hydrogens is 277 g/mol. The molecule has 1 aromatic rings. The molecule has 108 valence electrons. The molecule has 19 heavy (non-hydrogen) atoms. The number of hydrogen-bond donors (Lipinski definition) is 1. The van der Waals surface area contributed by atoms with Crippen LogP contribution in [0.5, 0.6) is 0 Å². The van der Waals surface area contributed by atoms with Crippen LogP contribution >= 0.6 is 23.2 Å². The van der Waals surface area contributed by atoms with Gasteiger partial charge in [-0.15, -0.1) is 0 Å². The fourth-order valence-electron chi connectivity index (χ4n) is 2.42. The number of nitrogens with one attached hydrogen (secondary N) is 1. The van der Waals surface area contributed by atoms with Crippen LogP contribution in [0.3, 0.4) is 0 Å². The van der Waals surface area contributed by atoms with Gasteiger partial charge in [-0.25, -0.2) is 0 Å². The highest BCUT2D eigenvalue weighted by atomic mass is 35.5. The summed E-state index contributed by atoms with van der Waals surface area (Å²) in [5.74, 6) is 0. The van der Waals surface area contributed by atoms with Crippen LogP contribution in [-0.4, -0.2) is 13.1 Å². The monoisotopic (exact) mass is 301 g/mol. The molecule has 0 aliphatic carbocycles. The van der Waals surface area contributed by atoms with Gasteiger partial charge in [-0.3, -0.25) is 0 Å². The lowest BCUT2D eigenvalue weighted by molar-refractivity contribution is 0.247. The third kappa shape index (κ3) is 4.66. The number of rotatable bonds is 8. The summed E-state index contributed by atoms with van der Waals surface area (Å²) >= 11 is 12.6. The summed E-state index contributed by atoms with van der Waals surface area (Å²) in [5, 5.41) is 5.12. The highest BCUT2D eigenvalue weighted by molar-refractivity contribution is 6.36. The van der Waals surface area contributed by atoms with Gasteiger partial charge >= 0.3 is 0 Å². The summed E-state index contributed by atoms with van der Waals surface area (Å²) in [5.41, 5.74) is 1.33. The van der Waals surface area contributed by atoms with Crippen LogP contribution in [0, 0.1) is 5.41 Å². The lowest BCUT2D eigenvalue weighted by Gasteiger charge is -2.33. The second-order valence-corrected chi connectivity index (χ2v) is 6.08. The van der Waals surface area contributed by atoms with E-state index in [0.29, 0.717) is 0 Å². The zero-order chi connectivity index (χ0) is 14.3. The lowest BCUT2D eigenvalue weighted by atomic mass is 9.77. The Kier molecular flexibility index (Phi) is 7.20. The van der Waals surface area contributed by atoms with Gasteiger partial charge in [-0.2, -0.15) is 0 Å². The van der Waals surface area contributed by atoms with E-state index in [9.17, 15) is 0 Å². The van der Waals surface area contributed by atoms with Crippen molar-refractivity contribution < 1.29 is 0 Å². The molecular formula is C16H25Cl2N. The third-order valence-corrected chi connectivity index (χ3v) is 4.75. The molecule has 0 fully saturated rings. The first-order valence-electron chi connectivity index (χ1n) is 7.22. The summed E-state index contributed by atoms with van der Waals surface area (Å²) in [4.78, 5) is 0. The molecule has 3 heteroatoms. The summed E-state index contributed by atoms with van der Waals surface area (Å²) in [6.45, 7) is 8.79. The van der Waals surface area contributed by atoms with Crippen molar-refractivity contribution in [3.8, 4) is 0 Å². The smallest absolute Gasteiger partial charge is 0.0453 e. The zero-order valence-electron chi connectivity index (χ0n) is 12.2. The van der Waals surface area contributed by atoms with Crippen LogP contribution in [0.4, 0.5) is 0 Å². The van der Waals surface area contributed by atoms with Gasteiger partial charge in [0.1, 0.15) is 0 Å². The van der Waals surface area contributed by atoms with Crippen molar-refractivity contribution in [2.24, 2.45) is 5.41 Å². The summed E-state index contributed by atoms with van der Waals surface area (Å²) in [7, 11) is 0. The van der Waals surface area contributed by atoms with Gasteiger partial charge < -0.3 is 5.32 Å². The first kappa shape index (κ1) is 16.8. The molecule has 0 aliphatic heterocycles. The fraction of sp³-hybridized carbons (Fsp3) is 0.625. The normalized spacial score (nSPS) is 11.8. The minimum atomic E-state index is 0.240. The molecule has 0 amide bonds. The molecule has 0 spiro atoms.